The summed E-state index contributed by atoms with van der Waals surface area (Å²) in [6.07, 6.45) is 3.83. The molecule has 0 bridgehead atoms. The number of hydrogen-bond donors (Lipinski definition) is 1. The second-order valence-corrected chi connectivity index (χ2v) is 2.11. The van der Waals surface area contributed by atoms with Crippen LogP contribution in [0.15, 0.2) is 0 Å². The van der Waals surface area contributed by atoms with Crippen LogP contribution in [0, 0.1) is 12.0 Å². The summed E-state index contributed by atoms with van der Waals surface area (Å²) in [5, 5.41) is 2.70. The van der Waals surface area contributed by atoms with Crippen LogP contribution in [0.2, 0.25) is 0 Å². The van der Waals surface area contributed by atoms with Crippen LogP contribution in [0.25, 0.3) is 0 Å². The van der Waals surface area contributed by atoms with Crippen molar-refractivity contribution in [2.24, 2.45) is 0 Å². The molecular weight excluding hydrogens is 130 g/mol. The van der Waals surface area contributed by atoms with Gasteiger partial charge in [0.25, 0.3) is 0 Å². The molecule has 1 aliphatic heterocycles. The third kappa shape index (κ3) is 1.66. The third-order valence-corrected chi connectivity index (χ3v) is 1.33. The summed E-state index contributed by atoms with van der Waals surface area (Å²) in [4.78, 5) is 10.6. The standard InChI is InChI=1S/C7H9NO2/c1-10-5-4-6-2-3-7(9)8-6/h6H,2-3H2,1H3,(H,8,9). The summed E-state index contributed by atoms with van der Waals surface area (Å²) in [7, 11) is 1.50. The SMILES string of the molecule is COC#CC1CCC(=O)N1. The molecule has 1 unspecified atom stereocenters. The molecule has 0 radical (unpaired) electrons. The summed E-state index contributed by atoms with van der Waals surface area (Å²) >= 11 is 0. The van der Waals surface area contributed by atoms with E-state index in [0.29, 0.717) is 6.42 Å². The van der Waals surface area contributed by atoms with Gasteiger partial charge in [0, 0.05) is 6.42 Å². The Morgan fingerprint density at radius 1 is 1.80 bits per heavy atom. The van der Waals surface area contributed by atoms with Gasteiger partial charge in [0.05, 0.1) is 13.2 Å². The van der Waals surface area contributed by atoms with Crippen LogP contribution in [0.4, 0.5) is 0 Å². The van der Waals surface area contributed by atoms with Gasteiger partial charge in [-0.25, -0.2) is 0 Å². The van der Waals surface area contributed by atoms with Gasteiger partial charge < -0.3 is 10.1 Å². The first-order valence-corrected chi connectivity index (χ1v) is 3.16. The maximum absolute atomic E-state index is 10.6. The fourth-order valence-electron chi connectivity index (χ4n) is 0.852. The quantitative estimate of drug-likeness (QED) is 0.475. The molecule has 54 valence electrons. The van der Waals surface area contributed by atoms with Crippen LogP contribution in [0.5, 0.6) is 0 Å². The summed E-state index contributed by atoms with van der Waals surface area (Å²) in [5.41, 5.74) is 0. The lowest BCUT2D eigenvalue weighted by molar-refractivity contribution is -0.119. The third-order valence-electron chi connectivity index (χ3n) is 1.33. The van der Waals surface area contributed by atoms with Crippen molar-refractivity contribution in [1.82, 2.24) is 5.32 Å². The highest BCUT2D eigenvalue weighted by molar-refractivity contribution is 5.79. The lowest BCUT2D eigenvalue weighted by atomic mass is 10.2. The van der Waals surface area contributed by atoms with E-state index < -0.39 is 0 Å². The van der Waals surface area contributed by atoms with Gasteiger partial charge in [-0.2, -0.15) is 0 Å². The summed E-state index contributed by atoms with van der Waals surface area (Å²) < 4.78 is 4.53. The molecule has 0 aromatic heterocycles. The van der Waals surface area contributed by atoms with E-state index in [4.69, 9.17) is 0 Å². The molecule has 0 aromatic rings. The van der Waals surface area contributed by atoms with Gasteiger partial charge in [-0.05, 0) is 12.3 Å². The molecule has 0 saturated carbocycles. The molecular formula is C7H9NO2. The van der Waals surface area contributed by atoms with E-state index in [1.165, 1.54) is 7.11 Å². The lowest BCUT2D eigenvalue weighted by Gasteiger charge is -1.96. The molecule has 0 aromatic carbocycles. The lowest BCUT2D eigenvalue weighted by Crippen LogP contribution is -2.23. The highest BCUT2D eigenvalue weighted by Gasteiger charge is 2.17. The molecule has 3 nitrogen and oxygen atoms in total. The molecule has 1 amide bonds. The number of amides is 1. The summed E-state index contributed by atoms with van der Waals surface area (Å²) in [5.74, 6) is 2.84. The Bertz CT molecular complexity index is 190. The zero-order chi connectivity index (χ0) is 7.40. The molecule has 10 heavy (non-hydrogen) atoms. The molecule has 3 heteroatoms. The van der Waals surface area contributed by atoms with Crippen LogP contribution >= 0.6 is 0 Å². The first-order valence-electron chi connectivity index (χ1n) is 3.16. The van der Waals surface area contributed by atoms with Gasteiger partial charge >= 0.3 is 0 Å². The maximum atomic E-state index is 10.6. The minimum atomic E-state index is 0.00690. The van der Waals surface area contributed by atoms with E-state index in [1.807, 2.05) is 0 Å². The van der Waals surface area contributed by atoms with Crippen molar-refractivity contribution >= 4 is 5.91 Å². The van der Waals surface area contributed by atoms with Crippen molar-refractivity contribution in [1.29, 1.82) is 0 Å². The van der Waals surface area contributed by atoms with E-state index in [0.717, 1.165) is 6.42 Å². The minimum absolute atomic E-state index is 0.00690. The summed E-state index contributed by atoms with van der Waals surface area (Å²) in [6, 6.07) is 0.00690. The van der Waals surface area contributed by atoms with Crippen molar-refractivity contribution in [3.05, 3.63) is 0 Å². The first-order chi connectivity index (χ1) is 4.83. The Morgan fingerprint density at radius 2 is 2.60 bits per heavy atom. The van der Waals surface area contributed by atoms with Crippen LogP contribution in [0.3, 0.4) is 0 Å². The van der Waals surface area contributed by atoms with Crippen molar-refractivity contribution in [3.63, 3.8) is 0 Å². The second-order valence-electron chi connectivity index (χ2n) is 2.11. The van der Waals surface area contributed by atoms with Gasteiger partial charge in [0.1, 0.15) is 6.11 Å². The fourth-order valence-corrected chi connectivity index (χ4v) is 0.852. The van der Waals surface area contributed by atoms with Gasteiger partial charge in [-0.15, -0.1) is 0 Å². The van der Waals surface area contributed by atoms with Gasteiger partial charge in [-0.3, -0.25) is 4.79 Å². The second kappa shape index (κ2) is 3.11. The molecule has 1 atom stereocenters. The maximum Gasteiger partial charge on any atom is 0.221 e. The number of carbonyl (C=O) groups excluding carboxylic acids is 1. The van der Waals surface area contributed by atoms with E-state index in [2.05, 4.69) is 22.1 Å². The minimum Gasteiger partial charge on any atom is -0.450 e. The number of ether oxygens (including phenoxy) is 1. The molecule has 1 N–H and O–H groups in total. The zero-order valence-corrected chi connectivity index (χ0v) is 5.81. The largest absolute Gasteiger partial charge is 0.450 e. The van der Waals surface area contributed by atoms with Gasteiger partial charge in [-0.1, -0.05) is 0 Å². The normalized spacial score (nSPS) is 22.9. The van der Waals surface area contributed by atoms with Gasteiger partial charge in [0.15, 0.2) is 0 Å². The van der Waals surface area contributed by atoms with Crippen LogP contribution in [-0.4, -0.2) is 19.1 Å². The smallest absolute Gasteiger partial charge is 0.221 e. The zero-order valence-electron chi connectivity index (χ0n) is 5.81. The Hall–Kier alpha value is -1.17. The molecule has 1 aliphatic rings. The van der Waals surface area contributed by atoms with Crippen LogP contribution in [0.1, 0.15) is 12.8 Å². The van der Waals surface area contributed by atoms with E-state index in [-0.39, 0.29) is 11.9 Å². The van der Waals surface area contributed by atoms with Gasteiger partial charge in [0.2, 0.25) is 5.91 Å². The van der Waals surface area contributed by atoms with E-state index >= 15 is 0 Å². The molecule has 1 fully saturated rings. The molecule has 1 saturated heterocycles. The van der Waals surface area contributed by atoms with E-state index in [9.17, 15) is 4.79 Å². The average molecular weight is 139 g/mol. The molecule has 0 spiro atoms. The topological polar surface area (TPSA) is 38.3 Å². The average Bonchev–Trinajstić information content (AvgIpc) is 2.31. The fraction of sp³-hybridized carbons (Fsp3) is 0.571. The Balaban J connectivity index is 2.38. The highest BCUT2D eigenvalue weighted by Crippen LogP contribution is 2.04. The highest BCUT2D eigenvalue weighted by atomic mass is 16.5. The monoisotopic (exact) mass is 139 g/mol. The van der Waals surface area contributed by atoms with Crippen molar-refractivity contribution in [2.75, 3.05) is 7.11 Å². The molecule has 1 heterocycles. The van der Waals surface area contributed by atoms with Crippen molar-refractivity contribution in [3.8, 4) is 12.0 Å². The predicted molar refractivity (Wildman–Crippen MR) is 35.9 cm³/mol. The number of hydrogen-bond acceptors (Lipinski definition) is 2. The number of carbonyl (C=O) groups is 1. The number of rotatable bonds is 0. The van der Waals surface area contributed by atoms with E-state index in [1.54, 1.807) is 0 Å². The Labute approximate surface area is 59.7 Å². The first kappa shape index (κ1) is 6.94. The molecule has 1 rings (SSSR count). The number of methoxy groups -OCH3 is 1. The van der Waals surface area contributed by atoms with Crippen LogP contribution < -0.4 is 5.32 Å². The summed E-state index contributed by atoms with van der Waals surface area (Å²) in [6.45, 7) is 0. The molecule has 0 aliphatic carbocycles. The Morgan fingerprint density at radius 3 is 3.10 bits per heavy atom. The predicted octanol–water partition coefficient (Wildman–Crippen LogP) is -0.128. The Kier molecular flexibility index (Phi) is 2.16. The van der Waals surface area contributed by atoms with Crippen molar-refractivity contribution < 1.29 is 9.53 Å². The number of nitrogens with one attached hydrogen (secondary N) is 1. The van der Waals surface area contributed by atoms with Crippen molar-refractivity contribution in [2.45, 2.75) is 18.9 Å². The van der Waals surface area contributed by atoms with Crippen LogP contribution in [-0.2, 0) is 9.53 Å².